The van der Waals surface area contributed by atoms with Crippen LogP contribution in [0.2, 0.25) is 0 Å². The van der Waals surface area contributed by atoms with E-state index in [9.17, 15) is 5.11 Å². The van der Waals surface area contributed by atoms with E-state index in [1.165, 1.54) is 0 Å². The van der Waals surface area contributed by atoms with Gasteiger partial charge in [0.1, 0.15) is 5.60 Å². The quantitative estimate of drug-likeness (QED) is 0.483. The molecule has 168 valence electrons. The Labute approximate surface area is 193 Å². The van der Waals surface area contributed by atoms with Crippen LogP contribution >= 0.6 is 0 Å². The van der Waals surface area contributed by atoms with Crippen molar-refractivity contribution in [2.45, 2.75) is 38.3 Å². The van der Waals surface area contributed by atoms with Crippen LogP contribution in [0.4, 0.5) is 0 Å². The molecular formula is C26H28N6O. The topological polar surface area (TPSA) is 88.8 Å². The Bertz CT molecular complexity index is 1240. The molecule has 0 bridgehead atoms. The molecule has 0 radical (unpaired) electrons. The molecule has 1 aliphatic heterocycles. The number of piperidine rings is 1. The highest BCUT2D eigenvalue weighted by Crippen LogP contribution is 2.31. The molecule has 1 fully saturated rings. The summed E-state index contributed by atoms with van der Waals surface area (Å²) in [5, 5.41) is 18.7. The van der Waals surface area contributed by atoms with Crippen molar-refractivity contribution in [3.8, 4) is 33.6 Å². The monoisotopic (exact) mass is 440 g/mol. The second-order valence-corrected chi connectivity index (χ2v) is 9.05. The summed E-state index contributed by atoms with van der Waals surface area (Å²) >= 11 is 0. The van der Waals surface area contributed by atoms with Gasteiger partial charge < -0.3 is 10.4 Å². The molecule has 5 rings (SSSR count). The largest absolute Gasteiger partial charge is 0.384 e. The maximum absolute atomic E-state index is 10.7. The van der Waals surface area contributed by atoms with Gasteiger partial charge in [0, 0.05) is 41.5 Å². The molecule has 4 aromatic rings. The summed E-state index contributed by atoms with van der Waals surface area (Å²) < 4.78 is 2.08. The van der Waals surface area contributed by atoms with Crippen molar-refractivity contribution >= 4 is 0 Å². The fourth-order valence-electron chi connectivity index (χ4n) is 4.17. The van der Waals surface area contributed by atoms with Crippen LogP contribution in [0, 0.1) is 0 Å². The first-order valence-corrected chi connectivity index (χ1v) is 11.3. The lowest BCUT2D eigenvalue weighted by Crippen LogP contribution is -2.29. The van der Waals surface area contributed by atoms with E-state index in [1.807, 2.05) is 48.9 Å². The fraction of sp³-hybridized carbons (Fsp3) is 0.308. The molecule has 0 unspecified atom stereocenters. The van der Waals surface area contributed by atoms with Gasteiger partial charge in [-0.2, -0.15) is 5.10 Å². The number of nitrogens with zero attached hydrogens (tertiary/aromatic N) is 5. The fourth-order valence-corrected chi connectivity index (χ4v) is 4.17. The third-order valence-corrected chi connectivity index (χ3v) is 6.07. The van der Waals surface area contributed by atoms with Gasteiger partial charge in [-0.3, -0.25) is 14.6 Å². The van der Waals surface area contributed by atoms with E-state index in [2.05, 4.69) is 42.3 Å². The predicted octanol–water partition coefficient (Wildman–Crippen LogP) is 4.22. The van der Waals surface area contributed by atoms with Crippen molar-refractivity contribution in [3.63, 3.8) is 0 Å². The number of hydrogen-bond donors (Lipinski definition) is 2. The molecule has 0 atom stereocenters. The maximum Gasteiger partial charge on any atom is 0.101 e. The Morgan fingerprint density at radius 3 is 2.45 bits per heavy atom. The van der Waals surface area contributed by atoms with Crippen LogP contribution in [0.3, 0.4) is 0 Å². The van der Waals surface area contributed by atoms with Gasteiger partial charge in [-0.05, 0) is 75.7 Å². The molecule has 2 N–H and O–H groups in total. The average Bonchev–Trinajstić information content (AvgIpc) is 3.35. The number of aliphatic hydroxyl groups is 1. The molecule has 0 amide bonds. The van der Waals surface area contributed by atoms with Gasteiger partial charge in [0.2, 0.25) is 0 Å². The SMILES string of the molecule is CC(C)(O)c1cc(-c2cncc(-c3cnn(C4CCNCC4)c3)c2)cc(-c2ccccn2)n1. The van der Waals surface area contributed by atoms with Crippen LogP contribution in [0.25, 0.3) is 33.6 Å². The standard InChI is InChI=1S/C26H28N6O/c1-26(2,33)25-13-18(12-24(31-25)23-5-3-4-8-29-23)19-11-20(15-28-14-19)21-16-30-32(17-21)22-6-9-27-10-7-22/h3-5,8,11-17,22,27,33H,6-7,9-10H2,1-2H3. The second kappa shape index (κ2) is 8.84. The molecule has 0 aliphatic carbocycles. The van der Waals surface area contributed by atoms with Gasteiger partial charge >= 0.3 is 0 Å². The zero-order valence-electron chi connectivity index (χ0n) is 18.9. The Morgan fingerprint density at radius 2 is 1.73 bits per heavy atom. The van der Waals surface area contributed by atoms with Crippen molar-refractivity contribution in [3.05, 3.63) is 73.1 Å². The average molecular weight is 441 g/mol. The molecule has 1 saturated heterocycles. The van der Waals surface area contributed by atoms with Crippen LogP contribution in [0.1, 0.15) is 38.4 Å². The van der Waals surface area contributed by atoms with Gasteiger partial charge in [0.05, 0.1) is 29.3 Å². The molecule has 5 heterocycles. The first kappa shape index (κ1) is 21.4. The third kappa shape index (κ3) is 4.69. The minimum absolute atomic E-state index is 0.437. The summed E-state index contributed by atoms with van der Waals surface area (Å²) in [6, 6.07) is 12.2. The van der Waals surface area contributed by atoms with Crippen LogP contribution in [0.15, 0.2) is 67.4 Å². The highest BCUT2D eigenvalue weighted by molar-refractivity contribution is 5.74. The minimum Gasteiger partial charge on any atom is -0.384 e. The van der Waals surface area contributed by atoms with Crippen LogP contribution < -0.4 is 5.32 Å². The summed E-state index contributed by atoms with van der Waals surface area (Å²) in [6.45, 7) is 5.54. The van der Waals surface area contributed by atoms with E-state index < -0.39 is 5.60 Å². The lowest BCUT2D eigenvalue weighted by atomic mass is 9.97. The van der Waals surface area contributed by atoms with Gasteiger partial charge in [0.25, 0.3) is 0 Å². The van der Waals surface area contributed by atoms with Crippen LogP contribution in [0.5, 0.6) is 0 Å². The smallest absolute Gasteiger partial charge is 0.101 e. The lowest BCUT2D eigenvalue weighted by molar-refractivity contribution is 0.0740. The van der Waals surface area contributed by atoms with Gasteiger partial charge in [0.15, 0.2) is 0 Å². The van der Waals surface area contributed by atoms with E-state index in [0.717, 1.165) is 53.9 Å². The van der Waals surface area contributed by atoms with Crippen molar-refractivity contribution in [2.24, 2.45) is 0 Å². The molecule has 4 aromatic heterocycles. The van der Waals surface area contributed by atoms with Gasteiger partial charge in [-0.1, -0.05) is 6.07 Å². The molecule has 0 saturated carbocycles. The summed E-state index contributed by atoms with van der Waals surface area (Å²) in [5.74, 6) is 0. The number of pyridine rings is 3. The molecule has 1 aliphatic rings. The number of hydrogen-bond acceptors (Lipinski definition) is 6. The Balaban J connectivity index is 1.52. The zero-order valence-corrected chi connectivity index (χ0v) is 18.9. The van der Waals surface area contributed by atoms with Gasteiger partial charge in [-0.15, -0.1) is 0 Å². The molecule has 0 spiro atoms. The van der Waals surface area contributed by atoms with E-state index in [4.69, 9.17) is 0 Å². The summed E-state index contributed by atoms with van der Waals surface area (Å²) in [4.78, 5) is 13.6. The number of aromatic nitrogens is 5. The maximum atomic E-state index is 10.7. The van der Waals surface area contributed by atoms with E-state index in [0.29, 0.717) is 17.4 Å². The molecule has 7 nitrogen and oxygen atoms in total. The summed E-state index contributed by atoms with van der Waals surface area (Å²) in [5.41, 5.74) is 4.92. The molecule has 0 aromatic carbocycles. The van der Waals surface area contributed by atoms with Crippen molar-refractivity contribution in [1.29, 1.82) is 0 Å². The Hall–Kier alpha value is -3.42. The van der Waals surface area contributed by atoms with Crippen LogP contribution in [-0.2, 0) is 5.60 Å². The second-order valence-electron chi connectivity index (χ2n) is 9.05. The van der Waals surface area contributed by atoms with Crippen molar-refractivity contribution in [1.82, 2.24) is 30.0 Å². The third-order valence-electron chi connectivity index (χ3n) is 6.07. The molecular weight excluding hydrogens is 412 g/mol. The number of nitrogens with one attached hydrogen (secondary N) is 1. The zero-order chi connectivity index (χ0) is 22.8. The van der Waals surface area contributed by atoms with Gasteiger partial charge in [-0.25, -0.2) is 4.98 Å². The first-order valence-electron chi connectivity index (χ1n) is 11.3. The first-order chi connectivity index (χ1) is 16.0. The summed E-state index contributed by atoms with van der Waals surface area (Å²) in [7, 11) is 0. The number of rotatable bonds is 5. The Kier molecular flexibility index (Phi) is 5.74. The Morgan fingerprint density at radius 1 is 0.939 bits per heavy atom. The predicted molar refractivity (Wildman–Crippen MR) is 128 cm³/mol. The molecule has 7 heteroatoms. The van der Waals surface area contributed by atoms with E-state index in [1.54, 1.807) is 20.0 Å². The highest BCUT2D eigenvalue weighted by atomic mass is 16.3. The van der Waals surface area contributed by atoms with E-state index >= 15 is 0 Å². The van der Waals surface area contributed by atoms with Crippen LogP contribution in [-0.4, -0.2) is 42.9 Å². The highest BCUT2D eigenvalue weighted by Gasteiger charge is 2.21. The normalized spacial score (nSPS) is 15.0. The van der Waals surface area contributed by atoms with Crippen molar-refractivity contribution < 1.29 is 5.11 Å². The lowest BCUT2D eigenvalue weighted by Gasteiger charge is -2.22. The molecule has 33 heavy (non-hydrogen) atoms. The van der Waals surface area contributed by atoms with E-state index in [-0.39, 0.29) is 0 Å². The minimum atomic E-state index is -1.08. The van der Waals surface area contributed by atoms with Crippen molar-refractivity contribution in [2.75, 3.05) is 13.1 Å². The summed E-state index contributed by atoms with van der Waals surface area (Å²) in [6.07, 6.45) is 11.7.